The van der Waals surface area contributed by atoms with Gasteiger partial charge in [0.1, 0.15) is 14.0 Å². The van der Waals surface area contributed by atoms with E-state index in [0.717, 1.165) is 19.3 Å². The van der Waals surface area contributed by atoms with Crippen molar-refractivity contribution in [1.29, 1.82) is 0 Å². The summed E-state index contributed by atoms with van der Waals surface area (Å²) >= 11 is 0. The van der Waals surface area contributed by atoms with Crippen LogP contribution in [0.25, 0.3) is 0 Å². The van der Waals surface area contributed by atoms with Gasteiger partial charge in [-0.15, -0.1) is 0 Å². The molecule has 0 rings (SSSR count). The second-order valence-electron chi connectivity index (χ2n) is 7.83. The maximum atomic E-state index is 11.5. The molecule has 6 N–H and O–H groups in total. The number of carbonyl (C=O) groups is 2. The Kier molecular flexibility index (Phi) is 18.3. The van der Waals surface area contributed by atoms with Gasteiger partial charge in [0.15, 0.2) is 5.52 Å². The van der Waals surface area contributed by atoms with Gasteiger partial charge in [0.25, 0.3) is 0 Å². The van der Waals surface area contributed by atoms with Gasteiger partial charge in [-0.2, -0.15) is 0 Å². The number of allylic oxidation sites excluding steroid dienone is 1. The summed E-state index contributed by atoms with van der Waals surface area (Å²) in [7, 11) is -2.46. The Morgan fingerprint density at radius 1 is 0.967 bits per heavy atom. The topological polar surface area (TPSA) is 133 Å². The molecule has 0 aromatic carbocycles. The molecule has 1 amide bonds. The molecule has 176 valence electrons. The SMILES string of the molecule is CCCCCCCCCCCCC/C=C/[C@@H](O)[C@H](NC(C)=O)C(O)P(O)C(=O)CN. The fourth-order valence-corrected chi connectivity index (χ4v) is 4.28. The average Bonchev–Trinajstić information content (AvgIpc) is 2.73. The highest BCUT2D eigenvalue weighted by atomic mass is 31.1. The van der Waals surface area contributed by atoms with Crippen LogP contribution in [0, 0.1) is 0 Å². The van der Waals surface area contributed by atoms with Crippen LogP contribution in [-0.2, 0) is 9.59 Å². The Bertz CT molecular complexity index is 490. The molecule has 30 heavy (non-hydrogen) atoms. The lowest BCUT2D eigenvalue weighted by molar-refractivity contribution is -0.121. The standard InChI is InChI=1S/C22H43N2O5P/c1-3-4-5-6-7-8-9-10-11-12-13-14-15-16-19(26)21(24-18(2)25)22(28)30(29)20(27)17-23/h15-16,19,21-22,26,28-29H,3-14,17,23H2,1-2H3,(H,24,25)/b16-15+/t19-,21+,22?,30?/m1/s1. The zero-order valence-electron chi connectivity index (χ0n) is 18.8. The smallest absolute Gasteiger partial charge is 0.217 e. The van der Waals surface area contributed by atoms with E-state index in [-0.39, 0.29) is 0 Å². The molecule has 0 aromatic rings. The number of aliphatic hydroxyl groups excluding tert-OH is 2. The first-order valence-corrected chi connectivity index (χ1v) is 12.7. The molecular weight excluding hydrogens is 403 g/mol. The molecule has 0 fully saturated rings. The molecule has 8 heteroatoms. The normalized spacial score (nSPS) is 15.7. The van der Waals surface area contributed by atoms with Crippen molar-refractivity contribution in [2.45, 2.75) is 109 Å². The molecule has 2 unspecified atom stereocenters. The zero-order chi connectivity index (χ0) is 22.8. The Hall–Kier alpha value is -0.850. The van der Waals surface area contributed by atoms with E-state index in [4.69, 9.17) is 5.73 Å². The molecule has 7 nitrogen and oxygen atoms in total. The van der Waals surface area contributed by atoms with Crippen molar-refractivity contribution in [2.75, 3.05) is 6.54 Å². The van der Waals surface area contributed by atoms with Crippen molar-refractivity contribution in [2.24, 2.45) is 5.73 Å². The number of nitrogens with one attached hydrogen (secondary N) is 1. The van der Waals surface area contributed by atoms with E-state index in [0.29, 0.717) is 0 Å². The van der Waals surface area contributed by atoms with Gasteiger partial charge in [-0.25, -0.2) is 0 Å². The van der Waals surface area contributed by atoms with Gasteiger partial charge in [-0.05, 0) is 12.8 Å². The number of nitrogens with two attached hydrogens (primary N) is 1. The molecule has 0 aliphatic heterocycles. The lowest BCUT2D eigenvalue weighted by atomic mass is 10.0. The number of hydrogen-bond acceptors (Lipinski definition) is 6. The Labute approximate surface area is 183 Å². The van der Waals surface area contributed by atoms with Gasteiger partial charge in [0.2, 0.25) is 5.91 Å². The lowest BCUT2D eigenvalue weighted by Gasteiger charge is -2.28. The second-order valence-corrected chi connectivity index (χ2v) is 9.54. The van der Waals surface area contributed by atoms with E-state index >= 15 is 0 Å². The second kappa shape index (κ2) is 18.9. The van der Waals surface area contributed by atoms with Gasteiger partial charge in [0.05, 0.1) is 18.7 Å². The third-order valence-electron chi connectivity index (χ3n) is 5.05. The predicted molar refractivity (Wildman–Crippen MR) is 123 cm³/mol. The summed E-state index contributed by atoms with van der Waals surface area (Å²) in [6.07, 6.45) is 16.8. The molecule has 0 saturated carbocycles. The Balaban J connectivity index is 4.12. The fourth-order valence-electron chi connectivity index (χ4n) is 3.25. The largest absolute Gasteiger partial charge is 0.387 e. The first-order valence-electron chi connectivity index (χ1n) is 11.4. The lowest BCUT2D eigenvalue weighted by Crippen LogP contribution is -2.49. The molecule has 0 aromatic heterocycles. The van der Waals surface area contributed by atoms with Crippen LogP contribution in [0.3, 0.4) is 0 Å². The number of hydrogen-bond donors (Lipinski definition) is 5. The third-order valence-corrected chi connectivity index (χ3v) is 6.56. The molecular formula is C22H43N2O5P. The zero-order valence-corrected chi connectivity index (χ0v) is 19.7. The number of rotatable bonds is 19. The van der Waals surface area contributed by atoms with Crippen molar-refractivity contribution in [3.8, 4) is 0 Å². The molecule has 4 atom stereocenters. The van der Waals surface area contributed by atoms with E-state index in [2.05, 4.69) is 12.2 Å². The molecule has 0 spiro atoms. The van der Waals surface area contributed by atoms with Crippen LogP contribution in [0.1, 0.15) is 90.9 Å². The summed E-state index contributed by atoms with van der Waals surface area (Å²) in [6.45, 7) is 3.07. The highest BCUT2D eigenvalue weighted by molar-refractivity contribution is 7.70. The van der Waals surface area contributed by atoms with Gasteiger partial charge >= 0.3 is 0 Å². The highest BCUT2D eigenvalue weighted by Crippen LogP contribution is 2.38. The van der Waals surface area contributed by atoms with E-state index in [9.17, 15) is 24.7 Å². The third kappa shape index (κ3) is 14.2. The van der Waals surface area contributed by atoms with Crippen LogP contribution in [-0.4, -0.2) is 51.1 Å². The number of carbonyl (C=O) groups excluding carboxylic acids is 2. The van der Waals surface area contributed by atoms with Crippen LogP contribution < -0.4 is 11.1 Å². The minimum Gasteiger partial charge on any atom is -0.387 e. The molecule has 0 aliphatic carbocycles. The summed E-state index contributed by atoms with van der Waals surface area (Å²) in [5.41, 5.74) is 4.52. The Morgan fingerprint density at radius 2 is 1.47 bits per heavy atom. The summed E-state index contributed by atoms with van der Waals surface area (Å²) in [5, 5.41) is 22.9. The molecule has 0 heterocycles. The highest BCUT2D eigenvalue weighted by Gasteiger charge is 2.35. The van der Waals surface area contributed by atoms with Crippen LogP contribution in [0.5, 0.6) is 0 Å². The summed E-state index contributed by atoms with van der Waals surface area (Å²) in [4.78, 5) is 32.8. The van der Waals surface area contributed by atoms with Gasteiger partial charge in [0, 0.05) is 6.92 Å². The maximum Gasteiger partial charge on any atom is 0.217 e. The molecule has 0 bridgehead atoms. The summed E-state index contributed by atoms with van der Waals surface area (Å²) in [5.74, 6) is -2.05. The number of aliphatic hydroxyl groups is 2. The molecule has 0 aliphatic rings. The summed E-state index contributed by atoms with van der Waals surface area (Å²) in [6, 6.07) is -1.16. The van der Waals surface area contributed by atoms with Crippen LogP contribution in [0.15, 0.2) is 12.2 Å². The number of unbranched alkanes of at least 4 members (excludes halogenated alkanes) is 11. The minimum atomic E-state index is -2.46. The van der Waals surface area contributed by atoms with E-state index < -0.39 is 44.1 Å². The van der Waals surface area contributed by atoms with Crippen molar-refractivity contribution in [3.05, 3.63) is 12.2 Å². The predicted octanol–water partition coefficient (Wildman–Crippen LogP) is 3.30. The van der Waals surface area contributed by atoms with Gasteiger partial charge in [-0.3, -0.25) is 9.59 Å². The van der Waals surface area contributed by atoms with E-state index in [1.807, 2.05) is 6.08 Å². The first kappa shape index (κ1) is 29.1. The maximum absolute atomic E-state index is 11.5. The Morgan fingerprint density at radius 3 is 1.93 bits per heavy atom. The van der Waals surface area contributed by atoms with Crippen molar-refractivity contribution >= 4 is 19.6 Å². The van der Waals surface area contributed by atoms with Crippen molar-refractivity contribution in [1.82, 2.24) is 5.32 Å². The van der Waals surface area contributed by atoms with Crippen LogP contribution in [0.2, 0.25) is 0 Å². The molecule has 0 radical (unpaired) electrons. The fraction of sp³-hybridized carbons (Fsp3) is 0.818. The van der Waals surface area contributed by atoms with E-state index in [1.165, 1.54) is 70.8 Å². The number of amides is 1. The average molecular weight is 447 g/mol. The molecule has 0 saturated heterocycles. The monoisotopic (exact) mass is 446 g/mol. The van der Waals surface area contributed by atoms with Gasteiger partial charge < -0.3 is 26.2 Å². The summed E-state index contributed by atoms with van der Waals surface area (Å²) < 4.78 is 0. The van der Waals surface area contributed by atoms with Crippen molar-refractivity contribution in [3.63, 3.8) is 0 Å². The quantitative estimate of drug-likeness (QED) is 0.117. The minimum absolute atomic E-state index is 0.406. The van der Waals surface area contributed by atoms with Crippen LogP contribution in [0.4, 0.5) is 0 Å². The first-order chi connectivity index (χ1) is 14.3. The van der Waals surface area contributed by atoms with Crippen LogP contribution >= 0.6 is 8.15 Å². The van der Waals surface area contributed by atoms with Gasteiger partial charge in [-0.1, -0.05) is 83.3 Å². The van der Waals surface area contributed by atoms with Crippen molar-refractivity contribution < 1.29 is 24.7 Å². The van der Waals surface area contributed by atoms with E-state index in [1.54, 1.807) is 0 Å².